The second-order valence-corrected chi connectivity index (χ2v) is 4.78. The van der Waals surface area contributed by atoms with Crippen LogP contribution < -0.4 is 5.32 Å². The van der Waals surface area contributed by atoms with Crippen molar-refractivity contribution in [1.29, 1.82) is 0 Å². The van der Waals surface area contributed by atoms with Crippen molar-refractivity contribution in [1.82, 2.24) is 20.1 Å². The van der Waals surface area contributed by atoms with Gasteiger partial charge in [0.1, 0.15) is 0 Å². The maximum Gasteiger partial charge on any atom is 0.318 e. The van der Waals surface area contributed by atoms with E-state index in [2.05, 4.69) is 10.3 Å². The predicted molar refractivity (Wildman–Crippen MR) is 78.7 cm³/mol. The molecule has 0 aliphatic heterocycles. The fourth-order valence-corrected chi connectivity index (χ4v) is 1.70. The molecule has 0 saturated heterocycles. The number of hydrogen-bond acceptors (Lipinski definition) is 4. The van der Waals surface area contributed by atoms with Crippen LogP contribution in [-0.4, -0.2) is 68.1 Å². The monoisotopic (exact) mass is 294 g/mol. The van der Waals surface area contributed by atoms with Crippen LogP contribution >= 0.6 is 0 Å². The van der Waals surface area contributed by atoms with Crippen molar-refractivity contribution < 1.29 is 14.3 Å². The summed E-state index contributed by atoms with van der Waals surface area (Å²) in [5.41, 5.74) is 0.732. The summed E-state index contributed by atoms with van der Waals surface area (Å²) in [5.74, 6) is -0.169. The van der Waals surface area contributed by atoms with Gasteiger partial charge in [0.05, 0.1) is 24.9 Å². The molecule has 0 aromatic carbocycles. The van der Waals surface area contributed by atoms with Gasteiger partial charge in [-0.05, 0) is 12.1 Å². The highest BCUT2D eigenvalue weighted by Crippen LogP contribution is 2.17. The standard InChI is InChI=1S/C14H22N4O3/c1-17(2)13(19)9-16-14(20)18(3)12(10-21-4)11-7-5-6-8-15-11/h5-8,12H,9-10H2,1-4H3,(H,16,20). The summed E-state index contributed by atoms with van der Waals surface area (Å²) >= 11 is 0. The van der Waals surface area contributed by atoms with Crippen LogP contribution in [0.5, 0.6) is 0 Å². The molecule has 1 heterocycles. The minimum atomic E-state index is -0.349. The number of nitrogens with zero attached hydrogens (tertiary/aromatic N) is 3. The number of carbonyl (C=O) groups is 2. The van der Waals surface area contributed by atoms with Crippen LogP contribution in [0.3, 0.4) is 0 Å². The zero-order valence-corrected chi connectivity index (χ0v) is 12.9. The molecule has 1 aromatic rings. The fraction of sp³-hybridized carbons (Fsp3) is 0.500. The molecule has 0 spiro atoms. The summed E-state index contributed by atoms with van der Waals surface area (Å²) in [6.07, 6.45) is 1.67. The first kappa shape index (κ1) is 16.9. The Labute approximate surface area is 124 Å². The minimum Gasteiger partial charge on any atom is -0.382 e. The van der Waals surface area contributed by atoms with Crippen molar-refractivity contribution in [3.8, 4) is 0 Å². The van der Waals surface area contributed by atoms with Gasteiger partial charge >= 0.3 is 6.03 Å². The lowest BCUT2D eigenvalue weighted by Crippen LogP contribution is -2.44. The van der Waals surface area contributed by atoms with Crippen molar-refractivity contribution in [2.24, 2.45) is 0 Å². The number of methoxy groups -OCH3 is 1. The summed E-state index contributed by atoms with van der Waals surface area (Å²) in [4.78, 5) is 30.8. The number of carbonyl (C=O) groups excluding carboxylic acids is 2. The predicted octanol–water partition coefficient (Wildman–Crippen LogP) is 0.499. The molecule has 0 aliphatic rings. The number of likely N-dealkylation sites (N-methyl/N-ethyl adjacent to an activating group) is 2. The number of aromatic nitrogens is 1. The van der Waals surface area contributed by atoms with Crippen molar-refractivity contribution >= 4 is 11.9 Å². The van der Waals surface area contributed by atoms with E-state index in [9.17, 15) is 9.59 Å². The number of hydrogen-bond donors (Lipinski definition) is 1. The van der Waals surface area contributed by atoms with E-state index in [-0.39, 0.29) is 24.5 Å². The molecular formula is C14H22N4O3. The zero-order valence-electron chi connectivity index (χ0n) is 12.9. The fourth-order valence-electron chi connectivity index (χ4n) is 1.70. The van der Waals surface area contributed by atoms with Crippen molar-refractivity contribution in [2.75, 3.05) is 41.4 Å². The van der Waals surface area contributed by atoms with Crippen LogP contribution in [0.1, 0.15) is 11.7 Å². The molecule has 0 aliphatic carbocycles. The topological polar surface area (TPSA) is 74.8 Å². The summed E-state index contributed by atoms with van der Waals surface area (Å²) in [6, 6.07) is 4.83. The van der Waals surface area contributed by atoms with E-state index in [1.165, 1.54) is 9.80 Å². The summed E-state index contributed by atoms with van der Waals surface area (Å²) in [7, 11) is 6.49. The highest BCUT2D eigenvalue weighted by molar-refractivity contribution is 5.83. The Balaban J connectivity index is 2.70. The number of nitrogens with one attached hydrogen (secondary N) is 1. The minimum absolute atomic E-state index is 0.0436. The first-order chi connectivity index (χ1) is 9.97. The Kier molecular flexibility index (Phi) is 6.61. The third-order valence-electron chi connectivity index (χ3n) is 3.03. The second kappa shape index (κ2) is 8.21. The molecule has 3 amide bonds. The number of rotatable bonds is 6. The lowest BCUT2D eigenvalue weighted by Gasteiger charge is -2.27. The molecule has 1 rings (SSSR count). The summed E-state index contributed by atoms with van der Waals surface area (Å²) < 4.78 is 5.16. The summed E-state index contributed by atoms with van der Waals surface area (Å²) in [6.45, 7) is 0.278. The van der Waals surface area contributed by atoms with Crippen molar-refractivity contribution in [3.05, 3.63) is 30.1 Å². The quantitative estimate of drug-likeness (QED) is 0.829. The van der Waals surface area contributed by atoms with E-state index in [0.717, 1.165) is 5.69 Å². The smallest absolute Gasteiger partial charge is 0.318 e. The van der Waals surface area contributed by atoms with Gasteiger partial charge in [-0.1, -0.05) is 6.07 Å². The zero-order chi connectivity index (χ0) is 15.8. The van der Waals surface area contributed by atoms with Crippen LogP contribution in [0.2, 0.25) is 0 Å². The third kappa shape index (κ3) is 5.03. The molecule has 0 fully saturated rings. The molecule has 7 heteroatoms. The van der Waals surface area contributed by atoms with E-state index >= 15 is 0 Å². The number of amides is 3. The van der Waals surface area contributed by atoms with Crippen molar-refractivity contribution in [3.63, 3.8) is 0 Å². The Morgan fingerprint density at radius 2 is 2.05 bits per heavy atom. The Morgan fingerprint density at radius 3 is 2.57 bits per heavy atom. The molecule has 7 nitrogen and oxygen atoms in total. The third-order valence-corrected chi connectivity index (χ3v) is 3.03. The second-order valence-electron chi connectivity index (χ2n) is 4.78. The molecule has 0 bridgehead atoms. The van der Waals surface area contributed by atoms with Gasteiger partial charge in [-0.25, -0.2) is 4.79 Å². The SMILES string of the molecule is COCC(c1ccccn1)N(C)C(=O)NCC(=O)N(C)C. The Bertz CT molecular complexity index is 465. The van der Waals surface area contributed by atoms with Gasteiger partial charge in [0.15, 0.2) is 0 Å². The van der Waals surface area contributed by atoms with Gasteiger partial charge in [-0.15, -0.1) is 0 Å². The maximum absolute atomic E-state index is 12.1. The van der Waals surface area contributed by atoms with Crippen LogP contribution in [-0.2, 0) is 9.53 Å². The van der Waals surface area contributed by atoms with E-state index in [1.807, 2.05) is 18.2 Å². The lowest BCUT2D eigenvalue weighted by molar-refractivity contribution is -0.127. The van der Waals surface area contributed by atoms with Gasteiger partial charge in [0.25, 0.3) is 0 Å². The van der Waals surface area contributed by atoms with Crippen LogP contribution in [0.4, 0.5) is 4.79 Å². The molecule has 1 N–H and O–H groups in total. The largest absolute Gasteiger partial charge is 0.382 e. The van der Waals surface area contributed by atoms with E-state index < -0.39 is 0 Å². The summed E-state index contributed by atoms with van der Waals surface area (Å²) in [5, 5.41) is 2.58. The molecule has 116 valence electrons. The average molecular weight is 294 g/mol. The van der Waals surface area contributed by atoms with Gasteiger partial charge < -0.3 is 19.9 Å². The average Bonchev–Trinajstić information content (AvgIpc) is 2.49. The van der Waals surface area contributed by atoms with Crippen molar-refractivity contribution in [2.45, 2.75) is 6.04 Å². The normalized spacial score (nSPS) is 11.6. The molecule has 0 radical (unpaired) electrons. The van der Waals surface area contributed by atoms with Gasteiger partial charge in [-0.3, -0.25) is 9.78 Å². The van der Waals surface area contributed by atoms with E-state index in [4.69, 9.17) is 4.74 Å². The molecular weight excluding hydrogens is 272 g/mol. The lowest BCUT2D eigenvalue weighted by atomic mass is 10.2. The van der Waals surface area contributed by atoms with E-state index in [1.54, 1.807) is 34.4 Å². The maximum atomic E-state index is 12.1. The number of pyridine rings is 1. The first-order valence-corrected chi connectivity index (χ1v) is 6.58. The molecule has 1 aromatic heterocycles. The number of ether oxygens (including phenoxy) is 1. The van der Waals surface area contributed by atoms with Gasteiger partial charge in [0.2, 0.25) is 5.91 Å². The van der Waals surface area contributed by atoms with E-state index in [0.29, 0.717) is 6.61 Å². The highest BCUT2D eigenvalue weighted by Gasteiger charge is 2.23. The van der Waals surface area contributed by atoms with Crippen LogP contribution in [0.15, 0.2) is 24.4 Å². The highest BCUT2D eigenvalue weighted by atomic mass is 16.5. The Hall–Kier alpha value is -2.15. The Morgan fingerprint density at radius 1 is 1.33 bits per heavy atom. The first-order valence-electron chi connectivity index (χ1n) is 6.58. The molecule has 0 saturated carbocycles. The molecule has 21 heavy (non-hydrogen) atoms. The van der Waals surface area contributed by atoms with Gasteiger partial charge in [-0.2, -0.15) is 0 Å². The van der Waals surface area contributed by atoms with Crippen LogP contribution in [0, 0.1) is 0 Å². The molecule has 1 unspecified atom stereocenters. The number of urea groups is 1. The van der Waals surface area contributed by atoms with Gasteiger partial charge in [0, 0.05) is 34.4 Å². The molecule has 1 atom stereocenters. The van der Waals surface area contributed by atoms with Crippen LogP contribution in [0.25, 0.3) is 0 Å².